The Labute approximate surface area is 119 Å². The first-order valence-corrected chi connectivity index (χ1v) is 6.48. The summed E-state index contributed by atoms with van der Waals surface area (Å²) >= 11 is 3.34. The first-order chi connectivity index (χ1) is 9.15. The number of amides is 2. The highest BCUT2D eigenvalue weighted by Crippen LogP contribution is 2.20. The van der Waals surface area contributed by atoms with E-state index in [1.807, 2.05) is 18.2 Å². The minimum atomic E-state index is -0.337. The van der Waals surface area contributed by atoms with E-state index in [-0.39, 0.29) is 18.4 Å². The molecule has 0 bridgehead atoms. The van der Waals surface area contributed by atoms with E-state index in [1.165, 1.54) is 12.1 Å². The van der Waals surface area contributed by atoms with Crippen LogP contribution in [0.4, 0.5) is 14.9 Å². The van der Waals surface area contributed by atoms with Crippen LogP contribution in [0.1, 0.15) is 5.56 Å². The highest BCUT2D eigenvalue weighted by Gasteiger charge is 2.04. The van der Waals surface area contributed by atoms with Gasteiger partial charge in [0.15, 0.2) is 0 Å². The highest BCUT2D eigenvalue weighted by molar-refractivity contribution is 9.10. The van der Waals surface area contributed by atoms with Crippen LogP contribution in [-0.4, -0.2) is 6.03 Å². The van der Waals surface area contributed by atoms with Gasteiger partial charge >= 0.3 is 6.03 Å². The lowest BCUT2D eigenvalue weighted by Crippen LogP contribution is -2.28. The lowest BCUT2D eigenvalue weighted by atomic mass is 10.2. The minimum Gasteiger partial charge on any atom is -0.334 e. The van der Waals surface area contributed by atoms with Gasteiger partial charge in [-0.15, -0.1) is 0 Å². The van der Waals surface area contributed by atoms with E-state index >= 15 is 0 Å². The molecule has 98 valence electrons. The quantitative estimate of drug-likeness (QED) is 0.883. The van der Waals surface area contributed by atoms with Gasteiger partial charge in [-0.05, 0) is 45.8 Å². The predicted molar refractivity (Wildman–Crippen MR) is 76.4 cm³/mol. The molecule has 2 aromatic rings. The summed E-state index contributed by atoms with van der Waals surface area (Å²) < 4.78 is 13.8. The third kappa shape index (κ3) is 4.06. The molecule has 19 heavy (non-hydrogen) atoms. The van der Waals surface area contributed by atoms with Crippen LogP contribution in [-0.2, 0) is 6.54 Å². The molecule has 5 heteroatoms. The summed E-state index contributed by atoms with van der Waals surface area (Å²) in [7, 11) is 0. The molecule has 0 unspecified atom stereocenters. The van der Waals surface area contributed by atoms with Crippen molar-refractivity contribution in [3.05, 3.63) is 64.4 Å². The molecule has 2 N–H and O–H groups in total. The van der Waals surface area contributed by atoms with E-state index in [0.29, 0.717) is 11.3 Å². The van der Waals surface area contributed by atoms with E-state index in [0.717, 1.165) is 4.47 Å². The largest absolute Gasteiger partial charge is 0.334 e. The number of halogens is 2. The molecule has 0 heterocycles. The van der Waals surface area contributed by atoms with Gasteiger partial charge in [0.2, 0.25) is 0 Å². The van der Waals surface area contributed by atoms with Gasteiger partial charge in [0.05, 0.1) is 5.69 Å². The SMILES string of the molecule is O=C(NCc1cccc(F)c1)Nc1ccccc1Br. The van der Waals surface area contributed by atoms with Crippen molar-refractivity contribution in [3.8, 4) is 0 Å². The van der Waals surface area contributed by atoms with Crippen molar-refractivity contribution in [1.29, 1.82) is 0 Å². The molecule has 0 fully saturated rings. The maximum Gasteiger partial charge on any atom is 0.319 e. The summed E-state index contributed by atoms with van der Waals surface area (Å²) in [6, 6.07) is 13.1. The van der Waals surface area contributed by atoms with Gasteiger partial charge < -0.3 is 10.6 Å². The van der Waals surface area contributed by atoms with Gasteiger partial charge in [0.1, 0.15) is 5.82 Å². The fourth-order valence-electron chi connectivity index (χ4n) is 1.56. The second kappa shape index (κ2) is 6.33. The Kier molecular flexibility index (Phi) is 4.52. The zero-order valence-electron chi connectivity index (χ0n) is 9.99. The van der Waals surface area contributed by atoms with Crippen LogP contribution < -0.4 is 10.6 Å². The third-order valence-corrected chi connectivity index (χ3v) is 3.16. The van der Waals surface area contributed by atoms with Gasteiger partial charge in [-0.2, -0.15) is 0 Å². The summed E-state index contributed by atoms with van der Waals surface area (Å²) in [6.45, 7) is 0.272. The number of carbonyl (C=O) groups excluding carboxylic acids is 1. The van der Waals surface area contributed by atoms with E-state index < -0.39 is 0 Å². The summed E-state index contributed by atoms with van der Waals surface area (Å²) in [5, 5.41) is 5.37. The normalized spacial score (nSPS) is 10.0. The number of anilines is 1. The fourth-order valence-corrected chi connectivity index (χ4v) is 1.94. The average Bonchev–Trinajstić information content (AvgIpc) is 2.39. The fraction of sp³-hybridized carbons (Fsp3) is 0.0714. The van der Waals surface area contributed by atoms with Gasteiger partial charge in [0, 0.05) is 11.0 Å². The van der Waals surface area contributed by atoms with Gasteiger partial charge in [-0.25, -0.2) is 9.18 Å². The summed E-state index contributed by atoms with van der Waals surface area (Å²) in [6.07, 6.45) is 0. The standard InChI is InChI=1S/C14H12BrFN2O/c15-12-6-1-2-7-13(12)18-14(19)17-9-10-4-3-5-11(16)8-10/h1-8H,9H2,(H2,17,18,19). The zero-order chi connectivity index (χ0) is 13.7. The monoisotopic (exact) mass is 322 g/mol. The zero-order valence-corrected chi connectivity index (χ0v) is 11.6. The smallest absolute Gasteiger partial charge is 0.319 e. The van der Waals surface area contributed by atoms with Crippen molar-refractivity contribution in [3.63, 3.8) is 0 Å². The molecule has 0 atom stereocenters. The van der Waals surface area contributed by atoms with E-state index in [9.17, 15) is 9.18 Å². The van der Waals surface area contributed by atoms with Gasteiger partial charge in [-0.1, -0.05) is 24.3 Å². The molecular weight excluding hydrogens is 311 g/mol. The van der Waals surface area contributed by atoms with Gasteiger partial charge in [0.25, 0.3) is 0 Å². The Morgan fingerprint density at radius 2 is 1.95 bits per heavy atom. The van der Waals surface area contributed by atoms with Crippen LogP contribution in [0.2, 0.25) is 0 Å². The van der Waals surface area contributed by atoms with Crippen LogP contribution in [0.15, 0.2) is 53.0 Å². The van der Waals surface area contributed by atoms with Crippen LogP contribution in [0, 0.1) is 5.82 Å². The molecule has 0 aliphatic heterocycles. The molecule has 2 rings (SSSR count). The van der Waals surface area contributed by atoms with Crippen molar-refractivity contribution in [2.24, 2.45) is 0 Å². The number of rotatable bonds is 3. The Balaban J connectivity index is 1.90. The molecule has 0 aliphatic rings. The summed E-state index contributed by atoms with van der Waals surface area (Å²) in [4.78, 5) is 11.7. The van der Waals surface area contributed by atoms with Crippen molar-refractivity contribution >= 4 is 27.6 Å². The van der Waals surface area contributed by atoms with Crippen LogP contribution in [0.5, 0.6) is 0 Å². The number of para-hydroxylation sites is 1. The average molecular weight is 323 g/mol. The molecule has 0 spiro atoms. The highest BCUT2D eigenvalue weighted by atomic mass is 79.9. The molecule has 0 aromatic heterocycles. The van der Waals surface area contributed by atoms with E-state index in [4.69, 9.17) is 0 Å². The van der Waals surface area contributed by atoms with E-state index in [1.54, 1.807) is 18.2 Å². The summed E-state index contributed by atoms with van der Waals surface area (Å²) in [5.74, 6) is -0.314. The first kappa shape index (κ1) is 13.5. The lowest BCUT2D eigenvalue weighted by Gasteiger charge is -2.09. The Morgan fingerprint density at radius 3 is 2.68 bits per heavy atom. The van der Waals surface area contributed by atoms with Crippen LogP contribution in [0.25, 0.3) is 0 Å². The molecule has 0 saturated heterocycles. The molecule has 2 amide bonds. The molecular formula is C14H12BrFN2O. The number of hydrogen-bond acceptors (Lipinski definition) is 1. The Bertz CT molecular complexity index is 589. The Hall–Kier alpha value is -1.88. The van der Waals surface area contributed by atoms with Gasteiger partial charge in [-0.3, -0.25) is 0 Å². The van der Waals surface area contributed by atoms with Crippen molar-refractivity contribution in [2.45, 2.75) is 6.54 Å². The maximum atomic E-state index is 13.0. The molecule has 0 radical (unpaired) electrons. The van der Waals surface area contributed by atoms with Crippen molar-refractivity contribution in [1.82, 2.24) is 5.32 Å². The molecule has 0 aliphatic carbocycles. The minimum absolute atomic E-state index is 0.272. The number of benzene rings is 2. The number of hydrogen-bond donors (Lipinski definition) is 2. The number of urea groups is 1. The maximum absolute atomic E-state index is 13.0. The number of nitrogens with one attached hydrogen (secondary N) is 2. The third-order valence-electron chi connectivity index (χ3n) is 2.46. The van der Waals surface area contributed by atoms with E-state index in [2.05, 4.69) is 26.6 Å². The first-order valence-electron chi connectivity index (χ1n) is 5.69. The second-order valence-electron chi connectivity index (χ2n) is 3.92. The Morgan fingerprint density at radius 1 is 1.16 bits per heavy atom. The van der Waals surface area contributed by atoms with Crippen LogP contribution >= 0.6 is 15.9 Å². The molecule has 2 aromatic carbocycles. The topological polar surface area (TPSA) is 41.1 Å². The second-order valence-corrected chi connectivity index (χ2v) is 4.77. The molecule has 3 nitrogen and oxygen atoms in total. The van der Waals surface area contributed by atoms with Crippen molar-refractivity contribution in [2.75, 3.05) is 5.32 Å². The predicted octanol–water partition coefficient (Wildman–Crippen LogP) is 3.91. The lowest BCUT2D eigenvalue weighted by molar-refractivity contribution is 0.251. The van der Waals surface area contributed by atoms with Crippen molar-refractivity contribution < 1.29 is 9.18 Å². The number of carbonyl (C=O) groups is 1. The molecule has 0 saturated carbocycles. The van der Waals surface area contributed by atoms with Crippen LogP contribution in [0.3, 0.4) is 0 Å². The summed E-state index contributed by atoms with van der Waals surface area (Å²) in [5.41, 5.74) is 1.39.